The molecule has 0 radical (unpaired) electrons. The molecule has 0 spiro atoms. The first kappa shape index (κ1) is 18.0. The Morgan fingerprint density at radius 3 is 2.96 bits per heavy atom. The number of carbonyl (C=O) groups excluding carboxylic acids is 1. The second kappa shape index (κ2) is 7.62. The Hall–Kier alpha value is -1.79. The van der Waals surface area contributed by atoms with Crippen molar-refractivity contribution in [3.05, 3.63) is 51.2 Å². The predicted octanol–water partition coefficient (Wildman–Crippen LogP) is 3.36. The number of amides is 1. The number of likely N-dealkylation sites (tertiary alicyclic amines) is 1. The van der Waals surface area contributed by atoms with E-state index < -0.39 is 0 Å². The van der Waals surface area contributed by atoms with E-state index in [-0.39, 0.29) is 11.7 Å². The Bertz CT molecular complexity index is 759. The van der Waals surface area contributed by atoms with Crippen molar-refractivity contribution in [1.29, 1.82) is 0 Å². The van der Waals surface area contributed by atoms with Crippen LogP contribution in [0.2, 0.25) is 0 Å². The van der Waals surface area contributed by atoms with Gasteiger partial charge >= 0.3 is 0 Å². The molecule has 1 aliphatic rings. The number of aromatic nitrogens is 1. The second-order valence-electron chi connectivity index (χ2n) is 7.06. The number of aryl methyl sites for hydroxylation is 1. The molecule has 2 heterocycles. The zero-order chi connectivity index (χ0) is 18.0. The summed E-state index contributed by atoms with van der Waals surface area (Å²) >= 11 is 1.53. The first-order chi connectivity index (χ1) is 11.9. The molecule has 6 heteroatoms. The van der Waals surface area contributed by atoms with Gasteiger partial charge in [-0.3, -0.25) is 4.79 Å². The average Bonchev–Trinajstić information content (AvgIpc) is 3.19. The summed E-state index contributed by atoms with van der Waals surface area (Å²) in [5.41, 5.74) is 2.22. The van der Waals surface area contributed by atoms with Gasteiger partial charge in [0, 0.05) is 25.0 Å². The first-order valence-electron chi connectivity index (χ1n) is 8.56. The van der Waals surface area contributed by atoms with Gasteiger partial charge in [-0.05, 0) is 57.0 Å². The van der Waals surface area contributed by atoms with Crippen molar-refractivity contribution in [3.8, 4) is 0 Å². The molecule has 1 saturated heterocycles. The lowest BCUT2D eigenvalue weighted by atomic mass is 9.98. The topological polar surface area (TPSA) is 36.4 Å². The number of benzene rings is 1. The Labute approximate surface area is 152 Å². The maximum absolute atomic E-state index is 13.7. The summed E-state index contributed by atoms with van der Waals surface area (Å²) < 4.78 is 13.7. The molecule has 1 amide bonds. The highest BCUT2D eigenvalue weighted by atomic mass is 32.1. The van der Waals surface area contributed by atoms with Gasteiger partial charge in [0.1, 0.15) is 16.5 Å². The van der Waals surface area contributed by atoms with E-state index in [1.807, 2.05) is 41.4 Å². The van der Waals surface area contributed by atoms with E-state index in [0.29, 0.717) is 17.2 Å². The minimum Gasteiger partial charge on any atom is -0.337 e. The third-order valence-corrected chi connectivity index (χ3v) is 5.39. The third-order valence-electron chi connectivity index (χ3n) is 4.56. The molecule has 2 aromatic rings. The Balaban J connectivity index is 1.59. The lowest BCUT2D eigenvalue weighted by Gasteiger charge is -2.15. The van der Waals surface area contributed by atoms with Gasteiger partial charge in [0.15, 0.2) is 0 Å². The van der Waals surface area contributed by atoms with Crippen molar-refractivity contribution in [1.82, 2.24) is 14.8 Å². The molecular weight excluding hydrogens is 337 g/mol. The molecule has 1 aliphatic heterocycles. The van der Waals surface area contributed by atoms with Gasteiger partial charge in [0.2, 0.25) is 0 Å². The molecule has 0 bridgehead atoms. The molecule has 1 aromatic heterocycles. The number of thiazole rings is 1. The van der Waals surface area contributed by atoms with Crippen LogP contribution < -0.4 is 0 Å². The van der Waals surface area contributed by atoms with E-state index in [1.165, 1.54) is 11.3 Å². The van der Waals surface area contributed by atoms with Gasteiger partial charge in [-0.25, -0.2) is 9.37 Å². The van der Waals surface area contributed by atoms with Crippen LogP contribution in [0.4, 0.5) is 4.39 Å². The third kappa shape index (κ3) is 4.44. The van der Waals surface area contributed by atoms with Gasteiger partial charge < -0.3 is 9.80 Å². The highest BCUT2D eigenvalue weighted by Gasteiger charge is 2.28. The molecule has 25 heavy (non-hydrogen) atoms. The molecule has 0 aliphatic carbocycles. The summed E-state index contributed by atoms with van der Waals surface area (Å²) in [5, 5.41) is 2.81. The molecular formula is C19H24FN3OS. The van der Waals surface area contributed by atoms with Gasteiger partial charge in [-0.2, -0.15) is 0 Å². The highest BCUT2D eigenvalue weighted by Crippen LogP contribution is 2.24. The number of halogens is 1. The quantitative estimate of drug-likeness (QED) is 0.819. The number of nitrogens with zero attached hydrogens (tertiary/aromatic N) is 3. The Morgan fingerprint density at radius 1 is 1.44 bits per heavy atom. The number of hydrogen-bond donors (Lipinski definition) is 0. The van der Waals surface area contributed by atoms with E-state index in [0.717, 1.165) is 43.0 Å². The van der Waals surface area contributed by atoms with E-state index in [2.05, 4.69) is 4.98 Å². The van der Waals surface area contributed by atoms with Crippen molar-refractivity contribution in [2.24, 2.45) is 5.92 Å². The van der Waals surface area contributed by atoms with E-state index in [1.54, 1.807) is 13.0 Å². The second-order valence-corrected chi connectivity index (χ2v) is 8.00. The van der Waals surface area contributed by atoms with Crippen molar-refractivity contribution in [2.75, 3.05) is 27.2 Å². The average molecular weight is 361 g/mol. The zero-order valence-corrected chi connectivity index (χ0v) is 15.8. The largest absolute Gasteiger partial charge is 0.337 e. The summed E-state index contributed by atoms with van der Waals surface area (Å²) in [6.45, 7) is 3.99. The zero-order valence-electron chi connectivity index (χ0n) is 15.0. The van der Waals surface area contributed by atoms with Crippen LogP contribution in [0.3, 0.4) is 0 Å². The van der Waals surface area contributed by atoms with Gasteiger partial charge in [0.05, 0.1) is 0 Å². The van der Waals surface area contributed by atoms with Crippen molar-refractivity contribution >= 4 is 17.2 Å². The highest BCUT2D eigenvalue weighted by molar-refractivity contribution is 7.09. The monoisotopic (exact) mass is 361 g/mol. The molecule has 0 N–H and O–H groups in total. The fourth-order valence-corrected chi connectivity index (χ4v) is 4.08. The van der Waals surface area contributed by atoms with Crippen LogP contribution in [0.1, 0.15) is 33.0 Å². The number of hydrogen-bond acceptors (Lipinski definition) is 4. The van der Waals surface area contributed by atoms with Crippen LogP contribution in [-0.2, 0) is 13.0 Å². The molecule has 1 fully saturated rings. The van der Waals surface area contributed by atoms with Crippen LogP contribution in [0.5, 0.6) is 0 Å². The molecule has 4 nitrogen and oxygen atoms in total. The minimum atomic E-state index is -0.153. The smallest absolute Gasteiger partial charge is 0.273 e. The van der Waals surface area contributed by atoms with E-state index in [4.69, 9.17) is 0 Å². The molecule has 0 saturated carbocycles. The van der Waals surface area contributed by atoms with E-state index in [9.17, 15) is 9.18 Å². The van der Waals surface area contributed by atoms with Crippen LogP contribution in [0, 0.1) is 18.7 Å². The normalized spacial score (nSPS) is 17.5. The van der Waals surface area contributed by atoms with E-state index >= 15 is 0 Å². The van der Waals surface area contributed by atoms with Gasteiger partial charge in [-0.1, -0.05) is 12.1 Å². The molecule has 1 unspecified atom stereocenters. The molecule has 1 atom stereocenters. The fraction of sp³-hybridized carbons (Fsp3) is 0.474. The Kier molecular flexibility index (Phi) is 5.49. The predicted molar refractivity (Wildman–Crippen MR) is 98.4 cm³/mol. The summed E-state index contributed by atoms with van der Waals surface area (Å²) in [5.74, 6) is 0.240. The molecule has 3 rings (SSSR count). The van der Waals surface area contributed by atoms with Crippen molar-refractivity contribution in [3.63, 3.8) is 0 Å². The van der Waals surface area contributed by atoms with Crippen LogP contribution in [-0.4, -0.2) is 47.9 Å². The van der Waals surface area contributed by atoms with Crippen LogP contribution >= 0.6 is 11.3 Å². The molecule has 1 aromatic carbocycles. The maximum atomic E-state index is 13.7. The first-order valence-corrected chi connectivity index (χ1v) is 9.44. The summed E-state index contributed by atoms with van der Waals surface area (Å²) in [6, 6.07) is 5.43. The van der Waals surface area contributed by atoms with Crippen LogP contribution in [0.25, 0.3) is 0 Å². The minimum absolute atomic E-state index is 0.0128. The SMILES string of the molecule is Cc1ccc(CC2CCN(C(=O)c3csc(CN(C)C)n3)C2)cc1F. The fourth-order valence-electron chi connectivity index (χ4n) is 3.19. The summed E-state index contributed by atoms with van der Waals surface area (Å²) in [7, 11) is 3.98. The maximum Gasteiger partial charge on any atom is 0.273 e. The molecule has 134 valence electrons. The van der Waals surface area contributed by atoms with Crippen molar-refractivity contribution in [2.45, 2.75) is 26.3 Å². The lowest BCUT2D eigenvalue weighted by Crippen LogP contribution is -2.29. The number of carbonyl (C=O) groups is 1. The summed E-state index contributed by atoms with van der Waals surface area (Å²) in [6.07, 6.45) is 1.76. The standard InChI is InChI=1S/C19H24FN3OS/c1-13-4-5-14(9-16(13)20)8-15-6-7-23(10-15)19(24)17-12-25-18(21-17)11-22(2)3/h4-5,9,12,15H,6-8,10-11H2,1-3H3. The van der Waals surface area contributed by atoms with Gasteiger partial charge in [0.25, 0.3) is 5.91 Å². The lowest BCUT2D eigenvalue weighted by molar-refractivity contribution is 0.0781. The van der Waals surface area contributed by atoms with Gasteiger partial charge in [-0.15, -0.1) is 11.3 Å². The number of rotatable bonds is 5. The van der Waals surface area contributed by atoms with Crippen LogP contribution in [0.15, 0.2) is 23.6 Å². The Morgan fingerprint density at radius 2 is 2.24 bits per heavy atom. The van der Waals surface area contributed by atoms with Crippen molar-refractivity contribution < 1.29 is 9.18 Å². The summed E-state index contributed by atoms with van der Waals surface area (Å²) in [4.78, 5) is 21.0.